The topological polar surface area (TPSA) is 140 Å². The normalized spacial score (nSPS) is 14.0. The number of hydrogen-bond donors (Lipinski definition) is 3. The van der Waals surface area contributed by atoms with Crippen LogP contribution in [-0.4, -0.2) is 52.3 Å². The molecular formula is C43H71O9P. The molecule has 0 amide bonds. The van der Waals surface area contributed by atoms with Gasteiger partial charge in [-0.3, -0.25) is 14.1 Å². The number of unbranched alkanes of at least 4 members (excludes halogenated alkanes) is 10. The zero-order valence-corrected chi connectivity index (χ0v) is 33.6. The van der Waals surface area contributed by atoms with Crippen molar-refractivity contribution in [2.75, 3.05) is 13.2 Å². The van der Waals surface area contributed by atoms with Crippen molar-refractivity contribution in [3.05, 3.63) is 85.1 Å². The number of esters is 2. The molecule has 0 bridgehead atoms. The van der Waals surface area contributed by atoms with Crippen LogP contribution in [0.1, 0.15) is 149 Å². The maximum Gasteiger partial charge on any atom is 0.469 e. The fourth-order valence-corrected chi connectivity index (χ4v) is 5.32. The van der Waals surface area contributed by atoms with Gasteiger partial charge in [-0.05, 0) is 77.0 Å². The van der Waals surface area contributed by atoms with Crippen LogP contribution in [0, 0.1) is 0 Å². The first-order valence-corrected chi connectivity index (χ1v) is 21.5. The van der Waals surface area contributed by atoms with E-state index < -0.39 is 38.6 Å². The lowest BCUT2D eigenvalue weighted by atomic mass is 10.1. The first-order valence-electron chi connectivity index (χ1n) is 20.0. The van der Waals surface area contributed by atoms with E-state index in [1.54, 1.807) is 12.2 Å². The van der Waals surface area contributed by atoms with Crippen molar-refractivity contribution >= 4 is 19.8 Å². The highest BCUT2D eigenvalue weighted by Crippen LogP contribution is 2.36. The molecule has 0 unspecified atom stereocenters. The molecular weight excluding hydrogens is 691 g/mol. The second-order valence-corrected chi connectivity index (χ2v) is 14.3. The van der Waals surface area contributed by atoms with Crippen LogP contribution in [0.4, 0.5) is 0 Å². The zero-order valence-electron chi connectivity index (χ0n) is 32.7. The Bertz CT molecular complexity index is 1150. The van der Waals surface area contributed by atoms with Gasteiger partial charge in [-0.15, -0.1) is 0 Å². The predicted octanol–water partition coefficient (Wildman–Crippen LogP) is 11.0. The van der Waals surface area contributed by atoms with E-state index in [9.17, 15) is 19.3 Å². The van der Waals surface area contributed by atoms with Gasteiger partial charge in [-0.1, -0.05) is 144 Å². The molecule has 0 spiro atoms. The van der Waals surface area contributed by atoms with Gasteiger partial charge < -0.3 is 24.4 Å². The number of aliphatic hydroxyl groups excluding tert-OH is 1. The van der Waals surface area contributed by atoms with Gasteiger partial charge in [0.1, 0.15) is 6.61 Å². The van der Waals surface area contributed by atoms with E-state index in [-0.39, 0.29) is 19.4 Å². The average molecular weight is 763 g/mol. The molecule has 0 radical (unpaired) electrons. The number of allylic oxidation sites excluding steroid dienone is 13. The van der Waals surface area contributed by atoms with Crippen molar-refractivity contribution in [2.24, 2.45) is 0 Å². The lowest BCUT2D eigenvalue weighted by Crippen LogP contribution is -2.29. The molecule has 302 valence electrons. The summed E-state index contributed by atoms with van der Waals surface area (Å²) in [6.07, 6.45) is 46.3. The molecule has 53 heavy (non-hydrogen) atoms. The molecule has 0 aliphatic heterocycles. The van der Waals surface area contributed by atoms with Crippen molar-refractivity contribution in [1.29, 1.82) is 0 Å². The minimum atomic E-state index is -4.82. The van der Waals surface area contributed by atoms with E-state index in [1.165, 1.54) is 57.8 Å². The number of carbonyl (C=O) groups excluding carboxylic acids is 2. The van der Waals surface area contributed by atoms with E-state index in [4.69, 9.17) is 19.3 Å². The highest BCUT2D eigenvalue weighted by molar-refractivity contribution is 7.46. The van der Waals surface area contributed by atoms with Gasteiger partial charge in [-0.2, -0.15) is 0 Å². The Kier molecular flexibility index (Phi) is 35.5. The molecule has 0 heterocycles. The van der Waals surface area contributed by atoms with E-state index in [1.807, 2.05) is 18.2 Å². The molecule has 10 heteroatoms. The van der Waals surface area contributed by atoms with Crippen LogP contribution in [0.3, 0.4) is 0 Å². The van der Waals surface area contributed by atoms with Crippen LogP contribution >= 0.6 is 7.82 Å². The molecule has 0 aromatic carbocycles. The molecule has 9 nitrogen and oxygen atoms in total. The Hall–Kier alpha value is -2.81. The van der Waals surface area contributed by atoms with Crippen molar-refractivity contribution in [3.63, 3.8) is 0 Å². The third kappa shape index (κ3) is 40.2. The first kappa shape index (κ1) is 50.2. The van der Waals surface area contributed by atoms with Crippen LogP contribution < -0.4 is 0 Å². The fourth-order valence-electron chi connectivity index (χ4n) is 4.96. The van der Waals surface area contributed by atoms with Crippen LogP contribution in [-0.2, 0) is 28.2 Å². The van der Waals surface area contributed by atoms with Gasteiger partial charge in [0.15, 0.2) is 6.10 Å². The van der Waals surface area contributed by atoms with Crippen LogP contribution in [0.25, 0.3) is 0 Å². The Morgan fingerprint density at radius 1 is 0.585 bits per heavy atom. The first-order chi connectivity index (χ1) is 25.7. The van der Waals surface area contributed by atoms with Gasteiger partial charge in [-0.25, -0.2) is 4.57 Å². The summed E-state index contributed by atoms with van der Waals surface area (Å²) in [5.74, 6) is -1.16. The number of hydrogen-bond acceptors (Lipinski definition) is 7. The Morgan fingerprint density at radius 3 is 1.68 bits per heavy atom. The molecule has 0 rings (SSSR count). The molecule has 0 saturated carbocycles. The lowest BCUT2D eigenvalue weighted by Gasteiger charge is -2.18. The SMILES string of the molecule is CCCCC/C=C\C/C=C\C/C=C\C=C\[C@H](O)CCCC(=O)O[C@H](COC(=O)CCC/C=C\C/C=C\C/C=C\CCCCCCCC)COP(=O)(O)O. The molecule has 2 atom stereocenters. The van der Waals surface area contributed by atoms with E-state index in [2.05, 4.69) is 73.1 Å². The van der Waals surface area contributed by atoms with Crippen LogP contribution in [0.5, 0.6) is 0 Å². The third-order valence-corrected chi connectivity index (χ3v) is 8.48. The Labute approximate surface area is 321 Å². The van der Waals surface area contributed by atoms with Gasteiger partial charge in [0.25, 0.3) is 0 Å². The number of aliphatic hydroxyl groups is 1. The summed E-state index contributed by atoms with van der Waals surface area (Å²) in [4.78, 5) is 42.8. The third-order valence-electron chi connectivity index (χ3n) is 7.99. The van der Waals surface area contributed by atoms with Gasteiger partial charge in [0.05, 0.1) is 12.7 Å². The maximum absolute atomic E-state index is 12.4. The number of carbonyl (C=O) groups is 2. The summed E-state index contributed by atoms with van der Waals surface area (Å²) in [7, 11) is -4.82. The molecule has 0 saturated heterocycles. The second-order valence-electron chi connectivity index (χ2n) is 13.1. The van der Waals surface area contributed by atoms with Gasteiger partial charge in [0.2, 0.25) is 0 Å². The maximum atomic E-state index is 12.4. The van der Waals surface area contributed by atoms with Crippen LogP contribution in [0.15, 0.2) is 85.1 Å². The molecule has 0 aliphatic rings. The minimum absolute atomic E-state index is 0.0313. The van der Waals surface area contributed by atoms with Crippen molar-refractivity contribution in [3.8, 4) is 0 Å². The summed E-state index contributed by atoms with van der Waals surface area (Å²) >= 11 is 0. The number of ether oxygens (including phenoxy) is 2. The molecule has 0 fully saturated rings. The lowest BCUT2D eigenvalue weighted by molar-refractivity contribution is -0.161. The molecule has 0 aliphatic carbocycles. The standard InChI is InChI=1S/C43H71O9P/c1-3-5-7-9-11-13-15-17-18-19-20-22-24-26-28-30-32-36-42(45)50-38-41(39-51-53(47,48)49)52-43(46)37-33-35-40(44)34-31-29-27-25-23-21-16-14-12-10-8-6-4-2/h12,14,17-18,20-23,26-29,31,34,40-41,44H,3-11,13,15-16,19,24-25,30,32-33,35-39H2,1-2H3,(H2,47,48,49)/b14-12-,18-17-,22-20-,23-21-,28-26-,29-27-,34-31+/t40-,41+/m0/s1. The van der Waals surface area contributed by atoms with Crippen molar-refractivity contribution in [1.82, 2.24) is 0 Å². The second kappa shape index (κ2) is 37.5. The van der Waals surface area contributed by atoms with E-state index in [0.29, 0.717) is 25.7 Å². The Balaban J connectivity index is 4.25. The van der Waals surface area contributed by atoms with Gasteiger partial charge in [0, 0.05) is 12.8 Å². The minimum Gasteiger partial charge on any atom is -0.462 e. The van der Waals surface area contributed by atoms with E-state index in [0.717, 1.165) is 38.5 Å². The quantitative estimate of drug-likeness (QED) is 0.0189. The predicted molar refractivity (Wildman–Crippen MR) is 217 cm³/mol. The largest absolute Gasteiger partial charge is 0.469 e. The van der Waals surface area contributed by atoms with Gasteiger partial charge >= 0.3 is 19.8 Å². The van der Waals surface area contributed by atoms with Crippen molar-refractivity contribution in [2.45, 2.75) is 161 Å². The monoisotopic (exact) mass is 762 g/mol. The van der Waals surface area contributed by atoms with Crippen molar-refractivity contribution < 1.29 is 43.0 Å². The molecule has 0 aromatic heterocycles. The zero-order chi connectivity index (χ0) is 39.1. The highest BCUT2D eigenvalue weighted by atomic mass is 31.2. The summed E-state index contributed by atoms with van der Waals surface area (Å²) in [5, 5.41) is 10.2. The summed E-state index contributed by atoms with van der Waals surface area (Å²) in [6.45, 7) is 3.42. The highest BCUT2D eigenvalue weighted by Gasteiger charge is 2.23. The number of phosphoric ester groups is 1. The van der Waals surface area contributed by atoms with E-state index >= 15 is 0 Å². The summed E-state index contributed by atoms with van der Waals surface area (Å²) < 4.78 is 26.2. The molecule has 3 N–H and O–H groups in total. The molecule has 0 aromatic rings. The number of phosphoric acid groups is 1. The fraction of sp³-hybridized carbons (Fsp3) is 0.628. The summed E-state index contributed by atoms with van der Waals surface area (Å²) in [5.41, 5.74) is 0. The summed E-state index contributed by atoms with van der Waals surface area (Å²) in [6, 6.07) is 0. The smallest absolute Gasteiger partial charge is 0.462 e. The number of rotatable bonds is 35. The Morgan fingerprint density at radius 2 is 1.08 bits per heavy atom. The average Bonchev–Trinajstić information content (AvgIpc) is 3.12. The van der Waals surface area contributed by atoms with Crippen LogP contribution in [0.2, 0.25) is 0 Å².